The van der Waals surface area contributed by atoms with Crippen LogP contribution >= 0.6 is 0 Å². The summed E-state index contributed by atoms with van der Waals surface area (Å²) in [6.45, 7) is 16.9. The maximum absolute atomic E-state index is 14.3. The zero-order chi connectivity index (χ0) is 34.1. The molecule has 1 N–H and O–H groups in total. The maximum Gasteiger partial charge on any atom is 0.319 e. The molecular weight excluding hydrogens is 588 g/mol. The van der Waals surface area contributed by atoms with Crippen molar-refractivity contribution in [3.8, 4) is 0 Å². The van der Waals surface area contributed by atoms with Crippen molar-refractivity contribution in [1.29, 1.82) is 0 Å². The Bertz CT molecular complexity index is 1180. The summed E-state index contributed by atoms with van der Waals surface area (Å²) < 4.78 is 24.0. The quantitative estimate of drug-likeness (QED) is 0.346. The molecule has 0 amide bonds. The van der Waals surface area contributed by atoms with Crippen molar-refractivity contribution >= 4 is 11.8 Å². The average molecular weight is 649 g/mol. The van der Waals surface area contributed by atoms with E-state index >= 15 is 0 Å². The number of esters is 1. The number of aliphatic hydroxyl groups is 1. The number of aliphatic hydroxyl groups excluding tert-OH is 1. The smallest absolute Gasteiger partial charge is 0.319 e. The molecule has 3 aliphatic heterocycles. The number of likely N-dealkylation sites (tertiary alicyclic amines) is 1. The van der Waals surface area contributed by atoms with E-state index in [1.807, 2.05) is 40.9 Å². The first-order valence-electron chi connectivity index (χ1n) is 17.1. The molecule has 0 radical (unpaired) electrons. The van der Waals surface area contributed by atoms with Crippen molar-refractivity contribution in [3.63, 3.8) is 0 Å². The normalized spacial score (nSPS) is 37.7. The van der Waals surface area contributed by atoms with E-state index < -0.39 is 35.1 Å². The zero-order valence-electron chi connectivity index (χ0n) is 30.1. The lowest BCUT2D eigenvalue weighted by Crippen LogP contribution is -2.58. The van der Waals surface area contributed by atoms with Crippen LogP contribution in [-0.4, -0.2) is 127 Å². The molecule has 1 aromatic heterocycles. The Kier molecular flexibility index (Phi) is 11.8. The zero-order valence-corrected chi connectivity index (χ0v) is 30.1. The van der Waals surface area contributed by atoms with E-state index in [-0.39, 0.29) is 42.4 Å². The van der Waals surface area contributed by atoms with Gasteiger partial charge in [-0.2, -0.15) is 0 Å². The van der Waals surface area contributed by atoms with Crippen LogP contribution in [0.1, 0.15) is 72.3 Å². The van der Waals surface area contributed by atoms with Crippen LogP contribution in [0.3, 0.4) is 0 Å². The van der Waals surface area contributed by atoms with Crippen molar-refractivity contribution in [2.24, 2.45) is 29.1 Å². The summed E-state index contributed by atoms with van der Waals surface area (Å²) in [5.74, 6) is -0.213. The summed E-state index contributed by atoms with van der Waals surface area (Å²) in [5, 5.41) is 15.6. The molecule has 0 saturated carbocycles. The van der Waals surface area contributed by atoms with Gasteiger partial charge in [0.2, 0.25) is 0 Å². The summed E-state index contributed by atoms with van der Waals surface area (Å²) in [4.78, 5) is 34.7. The third-order valence-corrected chi connectivity index (χ3v) is 11.2. The van der Waals surface area contributed by atoms with E-state index in [1.54, 1.807) is 21.0 Å². The molecule has 3 unspecified atom stereocenters. The molecule has 11 heteroatoms. The highest BCUT2D eigenvalue weighted by Gasteiger charge is 2.51. The van der Waals surface area contributed by atoms with Gasteiger partial charge in [-0.25, -0.2) is 0 Å². The molecule has 0 bridgehead atoms. The SMILES string of the molecule is CO[C@]1(C)C[C@@H](C)CN(C)C(C2CN(Cc3cc(C)on3)C2)COC(=O)C(C)(C)C(=O)[C@H](C)[C@H]1CC1OC(C)C[C@H](N(C)C)[C@H]1O. The van der Waals surface area contributed by atoms with Crippen LogP contribution in [0.25, 0.3) is 0 Å². The molecule has 0 spiro atoms. The van der Waals surface area contributed by atoms with Gasteiger partial charge < -0.3 is 28.7 Å². The van der Waals surface area contributed by atoms with E-state index in [4.69, 9.17) is 18.7 Å². The average Bonchev–Trinajstić information content (AvgIpc) is 3.38. The largest absolute Gasteiger partial charge is 0.463 e. The molecule has 0 aliphatic carbocycles. The van der Waals surface area contributed by atoms with Gasteiger partial charge in [0.1, 0.15) is 17.8 Å². The number of ketones is 1. The van der Waals surface area contributed by atoms with Crippen molar-refractivity contribution in [3.05, 3.63) is 17.5 Å². The molecule has 3 saturated heterocycles. The van der Waals surface area contributed by atoms with Gasteiger partial charge in [0, 0.05) is 63.3 Å². The molecule has 4 rings (SSSR count). The topological polar surface area (TPSA) is 118 Å². The van der Waals surface area contributed by atoms with Gasteiger partial charge in [-0.3, -0.25) is 19.4 Å². The number of aryl methyl sites for hydroxylation is 1. The summed E-state index contributed by atoms with van der Waals surface area (Å²) in [5.41, 5.74) is -1.14. The van der Waals surface area contributed by atoms with E-state index in [1.165, 1.54) is 0 Å². The highest BCUT2D eigenvalue weighted by atomic mass is 16.5. The number of rotatable bonds is 7. The molecule has 3 aliphatic rings. The van der Waals surface area contributed by atoms with Gasteiger partial charge in [-0.1, -0.05) is 19.0 Å². The van der Waals surface area contributed by atoms with Crippen molar-refractivity contribution < 1.29 is 33.4 Å². The Labute approximate surface area is 276 Å². The molecule has 46 heavy (non-hydrogen) atoms. The first-order valence-corrected chi connectivity index (χ1v) is 17.1. The Morgan fingerprint density at radius 3 is 2.39 bits per heavy atom. The van der Waals surface area contributed by atoms with Gasteiger partial charge in [0.25, 0.3) is 0 Å². The number of hydrogen-bond acceptors (Lipinski definition) is 11. The lowest BCUT2D eigenvalue weighted by Gasteiger charge is -2.48. The van der Waals surface area contributed by atoms with Crippen LogP contribution in [0.15, 0.2) is 10.6 Å². The Morgan fingerprint density at radius 2 is 1.80 bits per heavy atom. The monoisotopic (exact) mass is 648 g/mol. The number of ether oxygens (including phenoxy) is 3. The number of methoxy groups -OCH3 is 1. The second kappa shape index (κ2) is 14.7. The fraction of sp³-hybridized carbons (Fsp3) is 0.857. The van der Waals surface area contributed by atoms with E-state index in [0.717, 1.165) is 44.1 Å². The fourth-order valence-electron chi connectivity index (χ4n) is 8.40. The van der Waals surface area contributed by atoms with Crippen molar-refractivity contribution in [1.82, 2.24) is 19.9 Å². The van der Waals surface area contributed by atoms with E-state index in [2.05, 4.69) is 40.8 Å². The molecule has 0 aromatic carbocycles. The highest BCUT2D eigenvalue weighted by molar-refractivity contribution is 6.04. The molecule has 11 nitrogen and oxygen atoms in total. The number of aromatic nitrogens is 1. The lowest BCUT2D eigenvalue weighted by atomic mass is 9.67. The molecule has 262 valence electrons. The van der Waals surface area contributed by atoms with Crippen molar-refractivity contribution in [2.75, 3.05) is 54.5 Å². The number of cyclic esters (lactones) is 1. The predicted octanol–water partition coefficient (Wildman–Crippen LogP) is 3.41. The third kappa shape index (κ3) is 8.04. The number of carbonyl (C=O) groups excluding carboxylic acids is 2. The first-order chi connectivity index (χ1) is 21.5. The van der Waals surface area contributed by atoms with E-state index in [0.29, 0.717) is 18.8 Å². The van der Waals surface area contributed by atoms with Crippen LogP contribution in [0.4, 0.5) is 0 Å². The predicted molar refractivity (Wildman–Crippen MR) is 175 cm³/mol. The molecule has 3 fully saturated rings. The summed E-state index contributed by atoms with van der Waals surface area (Å²) in [6.07, 6.45) is 0.655. The van der Waals surface area contributed by atoms with Crippen molar-refractivity contribution in [2.45, 2.75) is 110 Å². The minimum atomic E-state index is -1.35. The third-order valence-electron chi connectivity index (χ3n) is 11.2. The molecule has 9 atom stereocenters. The second-order valence-electron chi connectivity index (χ2n) is 15.7. The number of Topliss-reactive ketones (excluding diaryl/α,β-unsaturated/α-hetero) is 1. The first kappa shape index (κ1) is 36.9. The Morgan fingerprint density at radius 1 is 1.13 bits per heavy atom. The van der Waals surface area contributed by atoms with Gasteiger partial charge in [-0.05, 0) is 86.9 Å². The van der Waals surface area contributed by atoms with Gasteiger partial charge in [0.15, 0.2) is 5.78 Å². The van der Waals surface area contributed by atoms with Crippen LogP contribution in [0.2, 0.25) is 0 Å². The minimum absolute atomic E-state index is 0.00520. The molecular formula is C35H60N4O7. The maximum atomic E-state index is 14.3. The highest BCUT2D eigenvalue weighted by Crippen LogP contribution is 2.43. The summed E-state index contributed by atoms with van der Waals surface area (Å²) >= 11 is 0. The Balaban J connectivity index is 1.59. The van der Waals surface area contributed by atoms with Gasteiger partial charge in [0.05, 0.1) is 29.6 Å². The van der Waals surface area contributed by atoms with Crippen LogP contribution in [0.5, 0.6) is 0 Å². The number of nitrogens with zero attached hydrogens (tertiary/aromatic N) is 4. The summed E-state index contributed by atoms with van der Waals surface area (Å²) in [7, 11) is 7.77. The fourth-order valence-corrected chi connectivity index (χ4v) is 8.40. The number of hydrogen-bond donors (Lipinski definition) is 1. The van der Waals surface area contributed by atoms with Crippen LogP contribution < -0.4 is 0 Å². The summed E-state index contributed by atoms with van der Waals surface area (Å²) in [6, 6.07) is 1.91. The van der Waals surface area contributed by atoms with Crippen LogP contribution in [-0.2, 0) is 30.3 Å². The number of carbonyl (C=O) groups is 2. The van der Waals surface area contributed by atoms with Gasteiger partial charge >= 0.3 is 5.97 Å². The second-order valence-corrected chi connectivity index (χ2v) is 15.7. The Hall–Kier alpha value is -1.89. The standard InChI is InChI=1S/C35H60N4O7/c1-21-15-35(7,43-11)27(14-30-31(40)28(37(8)9)13-22(2)45-30)24(4)32(41)34(5,6)33(42)44-20-29(38(10)16-21)25-17-39(18-25)19-26-12-23(3)46-36-26/h12,21-22,24-25,27-31,40H,13-20H2,1-11H3/t21-,22?,24-,27-,28+,29?,30?,31-,35-/m1/s1. The molecule has 1 aromatic rings. The molecule has 4 heterocycles. The lowest BCUT2D eigenvalue weighted by molar-refractivity contribution is -0.173. The van der Waals surface area contributed by atoms with E-state index in [9.17, 15) is 14.7 Å². The number of likely N-dealkylation sites (N-methyl/N-ethyl adjacent to an activating group) is 2. The minimum Gasteiger partial charge on any atom is -0.463 e. The van der Waals surface area contributed by atoms with Crippen LogP contribution in [0, 0.1) is 36.0 Å². The van der Waals surface area contributed by atoms with Gasteiger partial charge in [-0.15, -0.1) is 0 Å².